The molecule has 0 saturated heterocycles. The van der Waals surface area contributed by atoms with Gasteiger partial charge in [-0.1, -0.05) is 13.8 Å². The third-order valence-corrected chi connectivity index (χ3v) is 4.09. The van der Waals surface area contributed by atoms with Gasteiger partial charge in [-0.2, -0.15) is 18.4 Å². The van der Waals surface area contributed by atoms with E-state index in [0.717, 1.165) is 18.9 Å². The molecule has 1 fully saturated rings. The predicted octanol–water partition coefficient (Wildman–Crippen LogP) is 3.82. The van der Waals surface area contributed by atoms with Crippen LogP contribution in [0, 0.1) is 23.2 Å². The number of anilines is 1. The van der Waals surface area contributed by atoms with Gasteiger partial charge in [0, 0.05) is 6.04 Å². The molecule has 1 N–H and O–H groups in total. The van der Waals surface area contributed by atoms with Crippen LogP contribution in [-0.2, 0) is 6.18 Å². The zero-order valence-corrected chi connectivity index (χ0v) is 11.3. The second-order valence-electron chi connectivity index (χ2n) is 5.37. The summed E-state index contributed by atoms with van der Waals surface area (Å²) in [5.74, 6) is 0.898. The molecule has 1 aliphatic rings. The van der Waals surface area contributed by atoms with E-state index < -0.39 is 11.9 Å². The van der Waals surface area contributed by atoms with Gasteiger partial charge >= 0.3 is 6.18 Å². The number of rotatable bonds is 2. The third kappa shape index (κ3) is 2.87. The maximum Gasteiger partial charge on any atom is 0.433 e. The highest BCUT2D eigenvalue weighted by Gasteiger charge is 2.34. The first kappa shape index (κ1) is 14.6. The van der Waals surface area contributed by atoms with Crippen LogP contribution in [0.4, 0.5) is 19.0 Å². The Morgan fingerprint density at radius 3 is 2.50 bits per heavy atom. The molecule has 0 spiro atoms. The Hall–Kier alpha value is -1.77. The molecule has 3 nitrogen and oxygen atoms in total. The zero-order valence-electron chi connectivity index (χ0n) is 11.3. The van der Waals surface area contributed by atoms with Crippen molar-refractivity contribution in [2.75, 3.05) is 5.32 Å². The molecule has 1 heterocycles. The lowest BCUT2D eigenvalue weighted by atomic mass is 9.98. The maximum absolute atomic E-state index is 12.7. The summed E-state index contributed by atoms with van der Waals surface area (Å²) in [5, 5.41) is 12.0. The minimum Gasteiger partial charge on any atom is -0.366 e. The van der Waals surface area contributed by atoms with Crippen molar-refractivity contribution in [1.29, 1.82) is 5.26 Å². The minimum atomic E-state index is -4.50. The highest BCUT2D eigenvalue weighted by molar-refractivity contribution is 5.53. The minimum absolute atomic E-state index is 0.0354. The van der Waals surface area contributed by atoms with Gasteiger partial charge < -0.3 is 5.32 Å². The summed E-state index contributed by atoms with van der Waals surface area (Å²) in [5.41, 5.74) is -0.831. The Morgan fingerprint density at radius 2 is 2.00 bits per heavy atom. The summed E-state index contributed by atoms with van der Waals surface area (Å²) in [4.78, 5) is 3.58. The van der Waals surface area contributed by atoms with E-state index >= 15 is 0 Å². The Balaban J connectivity index is 2.28. The van der Waals surface area contributed by atoms with Gasteiger partial charge in [-0.05, 0) is 36.8 Å². The first-order chi connectivity index (χ1) is 9.32. The van der Waals surface area contributed by atoms with Gasteiger partial charge in [0.05, 0.1) is 5.56 Å². The molecule has 3 atom stereocenters. The van der Waals surface area contributed by atoms with Gasteiger partial charge in [0.2, 0.25) is 0 Å². The quantitative estimate of drug-likeness (QED) is 0.897. The first-order valence-corrected chi connectivity index (χ1v) is 6.57. The van der Waals surface area contributed by atoms with Crippen molar-refractivity contribution in [3.8, 4) is 6.07 Å². The number of hydrogen-bond donors (Lipinski definition) is 1. The van der Waals surface area contributed by atoms with E-state index in [9.17, 15) is 13.2 Å². The fraction of sp³-hybridized carbons (Fsp3) is 0.571. The molecule has 1 aliphatic carbocycles. The molecule has 0 radical (unpaired) electrons. The number of hydrogen-bond acceptors (Lipinski definition) is 3. The Bertz CT molecular complexity index is 533. The van der Waals surface area contributed by atoms with Gasteiger partial charge in [-0.25, -0.2) is 4.98 Å². The molecule has 1 saturated carbocycles. The number of halogens is 3. The van der Waals surface area contributed by atoms with Crippen molar-refractivity contribution in [2.24, 2.45) is 11.8 Å². The van der Waals surface area contributed by atoms with Crippen molar-refractivity contribution in [3.63, 3.8) is 0 Å². The number of alkyl halides is 3. The summed E-state index contributed by atoms with van der Waals surface area (Å²) in [6.45, 7) is 4.19. The van der Waals surface area contributed by atoms with Gasteiger partial charge in [0.1, 0.15) is 17.6 Å². The molecule has 0 amide bonds. The molecule has 0 aromatic carbocycles. The van der Waals surface area contributed by atoms with Crippen LogP contribution in [0.5, 0.6) is 0 Å². The van der Waals surface area contributed by atoms with Crippen LogP contribution in [0.2, 0.25) is 0 Å². The number of nitriles is 1. The van der Waals surface area contributed by atoms with Crippen molar-refractivity contribution in [3.05, 3.63) is 23.4 Å². The molecular weight excluding hydrogens is 267 g/mol. The van der Waals surface area contributed by atoms with E-state index in [4.69, 9.17) is 5.26 Å². The monoisotopic (exact) mass is 283 g/mol. The Kier molecular flexibility index (Phi) is 3.89. The third-order valence-electron chi connectivity index (χ3n) is 4.09. The van der Waals surface area contributed by atoms with Crippen LogP contribution in [0.15, 0.2) is 12.1 Å². The summed E-state index contributed by atoms with van der Waals surface area (Å²) in [6.07, 6.45) is -2.59. The molecule has 108 valence electrons. The van der Waals surface area contributed by atoms with Crippen LogP contribution >= 0.6 is 0 Å². The number of aromatic nitrogens is 1. The predicted molar refractivity (Wildman–Crippen MR) is 68.9 cm³/mol. The van der Waals surface area contributed by atoms with E-state index in [1.54, 1.807) is 0 Å². The lowest BCUT2D eigenvalue weighted by Crippen LogP contribution is -2.25. The Labute approximate surface area is 115 Å². The lowest BCUT2D eigenvalue weighted by molar-refractivity contribution is -0.141. The van der Waals surface area contributed by atoms with Crippen LogP contribution in [0.1, 0.15) is 37.9 Å². The molecule has 6 heteroatoms. The van der Waals surface area contributed by atoms with Crippen LogP contribution in [-0.4, -0.2) is 11.0 Å². The van der Waals surface area contributed by atoms with Crippen molar-refractivity contribution in [1.82, 2.24) is 4.98 Å². The second kappa shape index (κ2) is 5.31. The lowest BCUT2D eigenvalue weighted by Gasteiger charge is -2.21. The van der Waals surface area contributed by atoms with E-state index in [-0.39, 0.29) is 17.4 Å². The fourth-order valence-electron chi connectivity index (χ4n) is 2.56. The largest absolute Gasteiger partial charge is 0.433 e. The van der Waals surface area contributed by atoms with E-state index in [1.165, 1.54) is 6.07 Å². The highest BCUT2D eigenvalue weighted by atomic mass is 19.4. The normalized spacial score (nSPS) is 26.3. The first-order valence-electron chi connectivity index (χ1n) is 6.57. The SMILES string of the molecule is CC1CCC(Nc2nc(C(F)(F)F)ccc2C#N)C1C. The average Bonchev–Trinajstić information content (AvgIpc) is 2.69. The van der Waals surface area contributed by atoms with Gasteiger partial charge in [0.25, 0.3) is 0 Å². The van der Waals surface area contributed by atoms with E-state index in [1.807, 2.05) is 6.07 Å². The molecule has 2 rings (SSSR count). The molecular formula is C14H16F3N3. The van der Waals surface area contributed by atoms with Gasteiger partial charge in [0.15, 0.2) is 0 Å². The standard InChI is InChI=1S/C14H16F3N3/c1-8-3-5-11(9(8)2)19-13-10(7-18)4-6-12(20-13)14(15,16)17/h4,6,8-9,11H,3,5H2,1-2H3,(H,19,20). The molecule has 1 aromatic rings. The van der Waals surface area contributed by atoms with E-state index in [0.29, 0.717) is 11.8 Å². The fourth-order valence-corrected chi connectivity index (χ4v) is 2.56. The molecule has 20 heavy (non-hydrogen) atoms. The van der Waals surface area contributed by atoms with Crippen LogP contribution in [0.3, 0.4) is 0 Å². The maximum atomic E-state index is 12.7. The summed E-state index contributed by atoms with van der Waals surface area (Å²) >= 11 is 0. The number of nitrogens with zero attached hydrogens (tertiary/aromatic N) is 2. The summed E-state index contributed by atoms with van der Waals surface area (Å²) in [6, 6.07) is 3.95. The zero-order chi connectivity index (χ0) is 14.9. The molecule has 0 aliphatic heterocycles. The number of pyridine rings is 1. The average molecular weight is 283 g/mol. The van der Waals surface area contributed by atoms with Crippen molar-refractivity contribution < 1.29 is 13.2 Å². The number of nitrogens with one attached hydrogen (secondary N) is 1. The summed E-state index contributed by atoms with van der Waals surface area (Å²) < 4.78 is 38.0. The molecule has 1 aromatic heterocycles. The Morgan fingerprint density at radius 1 is 1.30 bits per heavy atom. The van der Waals surface area contributed by atoms with Crippen LogP contribution < -0.4 is 5.32 Å². The second-order valence-corrected chi connectivity index (χ2v) is 5.37. The van der Waals surface area contributed by atoms with Gasteiger partial charge in [-0.15, -0.1) is 0 Å². The van der Waals surface area contributed by atoms with Gasteiger partial charge in [-0.3, -0.25) is 0 Å². The smallest absolute Gasteiger partial charge is 0.366 e. The van der Waals surface area contributed by atoms with Crippen molar-refractivity contribution in [2.45, 2.75) is 38.9 Å². The molecule has 0 bridgehead atoms. The highest BCUT2D eigenvalue weighted by Crippen LogP contribution is 2.34. The molecule has 3 unspecified atom stereocenters. The summed E-state index contributed by atoms with van der Waals surface area (Å²) in [7, 11) is 0. The topological polar surface area (TPSA) is 48.7 Å². The van der Waals surface area contributed by atoms with Crippen LogP contribution in [0.25, 0.3) is 0 Å². The van der Waals surface area contributed by atoms with Crippen molar-refractivity contribution >= 4 is 5.82 Å². The van der Waals surface area contributed by atoms with E-state index in [2.05, 4.69) is 24.1 Å².